The number of hydrogen-bond acceptors (Lipinski definition) is 5. The number of nitrogens with one attached hydrogen (secondary N) is 2. The van der Waals surface area contributed by atoms with Gasteiger partial charge in [0.1, 0.15) is 12.6 Å². The van der Waals surface area contributed by atoms with E-state index in [9.17, 15) is 14.4 Å². The van der Waals surface area contributed by atoms with E-state index >= 15 is 0 Å². The van der Waals surface area contributed by atoms with Gasteiger partial charge in [0.2, 0.25) is 5.91 Å². The Morgan fingerprint density at radius 2 is 1.61 bits per heavy atom. The fraction of sp³-hybridized carbons (Fsp3) is 0.400. The van der Waals surface area contributed by atoms with Crippen LogP contribution in [0.15, 0.2) is 48.5 Å². The molecule has 174 valence electrons. The minimum absolute atomic E-state index is 0.0628. The highest BCUT2D eigenvalue weighted by atomic mass is 16.5. The molecule has 2 amide bonds. The van der Waals surface area contributed by atoms with Crippen molar-refractivity contribution in [2.24, 2.45) is 5.92 Å². The van der Waals surface area contributed by atoms with Crippen molar-refractivity contribution in [3.8, 4) is 11.1 Å². The summed E-state index contributed by atoms with van der Waals surface area (Å²) < 4.78 is 5.57. The maximum absolute atomic E-state index is 12.7. The van der Waals surface area contributed by atoms with Crippen molar-refractivity contribution >= 4 is 18.0 Å². The van der Waals surface area contributed by atoms with Gasteiger partial charge in [-0.05, 0) is 49.2 Å². The average molecular weight is 452 g/mol. The van der Waals surface area contributed by atoms with Gasteiger partial charge < -0.3 is 25.4 Å². The molecule has 0 heterocycles. The van der Waals surface area contributed by atoms with Gasteiger partial charge in [0.05, 0.1) is 5.92 Å². The van der Waals surface area contributed by atoms with E-state index in [1.54, 1.807) is 4.90 Å². The van der Waals surface area contributed by atoms with Crippen LogP contribution in [0.4, 0.5) is 4.79 Å². The average Bonchev–Trinajstić information content (AvgIpc) is 3.07. The predicted molar refractivity (Wildman–Crippen MR) is 123 cm³/mol. The van der Waals surface area contributed by atoms with Crippen molar-refractivity contribution in [3.05, 3.63) is 59.7 Å². The summed E-state index contributed by atoms with van der Waals surface area (Å²) in [5.41, 5.74) is 4.53. The monoisotopic (exact) mass is 451 g/mol. The summed E-state index contributed by atoms with van der Waals surface area (Å²) in [6.45, 7) is 0.462. The van der Waals surface area contributed by atoms with Gasteiger partial charge in [-0.25, -0.2) is 4.79 Å². The number of ether oxygens (including phenoxy) is 1. The van der Waals surface area contributed by atoms with E-state index in [1.807, 2.05) is 50.5 Å². The Balaban J connectivity index is 1.36. The van der Waals surface area contributed by atoms with Gasteiger partial charge in [0.25, 0.3) is 0 Å². The number of hydrogen-bond donors (Lipinski definition) is 3. The Morgan fingerprint density at radius 3 is 2.15 bits per heavy atom. The molecule has 1 atom stereocenters. The second-order valence-electron chi connectivity index (χ2n) is 9.00. The molecule has 0 radical (unpaired) electrons. The summed E-state index contributed by atoms with van der Waals surface area (Å²) in [5, 5.41) is 14.5. The van der Waals surface area contributed by atoms with E-state index in [1.165, 1.54) is 0 Å². The van der Waals surface area contributed by atoms with Crippen molar-refractivity contribution in [1.29, 1.82) is 0 Å². The lowest BCUT2D eigenvalue weighted by molar-refractivity contribution is -0.146. The van der Waals surface area contributed by atoms with Gasteiger partial charge >= 0.3 is 12.1 Å². The van der Waals surface area contributed by atoms with E-state index in [0.717, 1.165) is 22.3 Å². The summed E-state index contributed by atoms with van der Waals surface area (Å²) in [4.78, 5) is 38.1. The summed E-state index contributed by atoms with van der Waals surface area (Å²) in [7, 11) is 3.62. The topological polar surface area (TPSA) is 108 Å². The summed E-state index contributed by atoms with van der Waals surface area (Å²) in [6.07, 6.45) is 0.150. The first-order valence-electron chi connectivity index (χ1n) is 11.1. The van der Waals surface area contributed by atoms with Gasteiger partial charge in [-0.2, -0.15) is 0 Å². The number of nitrogens with zero attached hydrogens (tertiary/aromatic N) is 1. The number of amides is 2. The molecule has 4 rings (SSSR count). The third-order valence-electron chi connectivity index (χ3n) is 6.33. The molecule has 2 aromatic rings. The lowest BCUT2D eigenvalue weighted by Crippen LogP contribution is -2.56. The smallest absolute Gasteiger partial charge is 0.407 e. The van der Waals surface area contributed by atoms with Crippen LogP contribution < -0.4 is 10.6 Å². The highest BCUT2D eigenvalue weighted by Crippen LogP contribution is 2.44. The van der Waals surface area contributed by atoms with Crippen LogP contribution >= 0.6 is 0 Å². The van der Waals surface area contributed by atoms with Crippen LogP contribution in [-0.2, 0) is 14.3 Å². The fourth-order valence-electron chi connectivity index (χ4n) is 4.58. The number of aliphatic carboxylic acids is 1. The van der Waals surface area contributed by atoms with E-state index in [4.69, 9.17) is 9.84 Å². The molecule has 0 saturated heterocycles. The van der Waals surface area contributed by atoms with Crippen molar-refractivity contribution in [2.45, 2.75) is 30.8 Å². The number of fused-ring (bicyclic) bond motifs is 3. The van der Waals surface area contributed by atoms with Crippen LogP contribution in [0.2, 0.25) is 0 Å². The molecule has 2 aliphatic rings. The summed E-state index contributed by atoms with van der Waals surface area (Å²) >= 11 is 0. The lowest BCUT2D eigenvalue weighted by atomic mass is 9.80. The quantitative estimate of drug-likeness (QED) is 0.569. The van der Waals surface area contributed by atoms with Crippen molar-refractivity contribution in [2.75, 3.05) is 27.2 Å². The molecular formula is C25H29N3O5. The van der Waals surface area contributed by atoms with E-state index < -0.39 is 24.0 Å². The van der Waals surface area contributed by atoms with Gasteiger partial charge in [0, 0.05) is 18.5 Å². The second-order valence-corrected chi connectivity index (χ2v) is 9.00. The Kier molecular flexibility index (Phi) is 6.65. The maximum Gasteiger partial charge on any atom is 0.407 e. The number of carbonyl (C=O) groups is 3. The van der Waals surface area contributed by atoms with Gasteiger partial charge in [0.15, 0.2) is 0 Å². The Labute approximate surface area is 192 Å². The first kappa shape index (κ1) is 22.8. The number of rotatable bonds is 8. The van der Waals surface area contributed by atoms with Crippen molar-refractivity contribution < 1.29 is 24.2 Å². The standard InChI is InChI=1S/C25H29N3O5/c1-28(2)13-22(23(29)26-16-11-15(12-16)24(30)31)27-25(32)33-14-21-19-9-5-3-7-17(19)18-8-4-6-10-20(18)21/h3-10,15-16,21-22H,11-14H2,1-2H3,(H,26,29)(H,27,32)(H,30,31)/t15?,16?,22-/m0/s1. The van der Waals surface area contributed by atoms with Crippen LogP contribution in [0.25, 0.3) is 11.1 Å². The molecule has 1 saturated carbocycles. The summed E-state index contributed by atoms with van der Waals surface area (Å²) in [5.74, 6) is -1.67. The van der Waals surface area contributed by atoms with Crippen molar-refractivity contribution in [3.63, 3.8) is 0 Å². The van der Waals surface area contributed by atoms with Gasteiger partial charge in [-0.15, -0.1) is 0 Å². The van der Waals surface area contributed by atoms with E-state index in [0.29, 0.717) is 19.4 Å². The van der Waals surface area contributed by atoms with E-state index in [-0.39, 0.29) is 24.5 Å². The largest absolute Gasteiger partial charge is 0.481 e. The van der Waals surface area contributed by atoms with Crippen LogP contribution in [0, 0.1) is 5.92 Å². The predicted octanol–water partition coefficient (Wildman–Crippen LogP) is 2.43. The van der Waals surface area contributed by atoms with Gasteiger partial charge in [-0.3, -0.25) is 9.59 Å². The molecule has 1 fully saturated rings. The highest BCUT2D eigenvalue weighted by molar-refractivity contribution is 5.86. The van der Waals surface area contributed by atoms with Crippen LogP contribution in [0.3, 0.4) is 0 Å². The Morgan fingerprint density at radius 1 is 1.03 bits per heavy atom. The fourth-order valence-corrected chi connectivity index (χ4v) is 4.58. The molecule has 8 nitrogen and oxygen atoms in total. The molecule has 0 spiro atoms. The molecule has 0 unspecified atom stereocenters. The normalized spacial score (nSPS) is 19.7. The third kappa shape index (κ3) is 5.01. The SMILES string of the molecule is CN(C)C[C@H](NC(=O)OCC1c2ccccc2-c2ccccc21)C(=O)NC1CC(C(=O)O)C1. The molecule has 0 bridgehead atoms. The summed E-state index contributed by atoms with van der Waals surface area (Å²) in [6, 6.07) is 15.2. The molecule has 8 heteroatoms. The third-order valence-corrected chi connectivity index (χ3v) is 6.33. The van der Waals surface area contributed by atoms with Crippen molar-refractivity contribution in [1.82, 2.24) is 15.5 Å². The first-order valence-corrected chi connectivity index (χ1v) is 11.1. The Hall–Kier alpha value is -3.39. The molecule has 2 aliphatic carbocycles. The molecule has 2 aromatic carbocycles. The molecular weight excluding hydrogens is 422 g/mol. The second kappa shape index (κ2) is 9.62. The number of carbonyl (C=O) groups excluding carboxylic acids is 2. The zero-order chi connectivity index (χ0) is 23.5. The Bertz CT molecular complexity index is 1000. The lowest BCUT2D eigenvalue weighted by Gasteiger charge is -2.34. The zero-order valence-electron chi connectivity index (χ0n) is 18.8. The maximum atomic E-state index is 12.7. The number of likely N-dealkylation sites (N-methyl/N-ethyl adjacent to an activating group) is 1. The minimum Gasteiger partial charge on any atom is -0.481 e. The van der Waals surface area contributed by atoms with E-state index in [2.05, 4.69) is 22.8 Å². The number of carboxylic acid groups (broad SMARTS) is 1. The number of alkyl carbamates (subject to hydrolysis) is 1. The first-order chi connectivity index (χ1) is 15.8. The number of benzene rings is 2. The van der Waals surface area contributed by atoms with Crippen LogP contribution in [-0.4, -0.2) is 67.3 Å². The van der Waals surface area contributed by atoms with Crippen LogP contribution in [0.1, 0.15) is 29.9 Å². The molecule has 0 aromatic heterocycles. The minimum atomic E-state index is -0.845. The van der Waals surface area contributed by atoms with Crippen LogP contribution in [0.5, 0.6) is 0 Å². The molecule has 33 heavy (non-hydrogen) atoms. The zero-order valence-corrected chi connectivity index (χ0v) is 18.8. The van der Waals surface area contributed by atoms with Gasteiger partial charge in [-0.1, -0.05) is 48.5 Å². The molecule has 3 N–H and O–H groups in total. The molecule has 0 aliphatic heterocycles. The highest BCUT2D eigenvalue weighted by Gasteiger charge is 2.37. The number of carboxylic acids is 1.